The van der Waals surface area contributed by atoms with E-state index >= 15 is 0 Å². The van der Waals surface area contributed by atoms with E-state index in [1.807, 2.05) is 86.0 Å². The third-order valence-corrected chi connectivity index (χ3v) is 8.95. The standard InChI is InChI=1S/C32H22NO2.C13H12N.Ir/c1-19(2)27-28(21-16-17-33-24(18-21)20-10-4-3-5-11-20)31-30(23-13-7-9-15-26(23)34-31)32-29(27)22-12-6-8-14-25(22)35-32;1-10-3-6-12(7-4-10)13-8-5-11(2)9-14-13;/h3-10,12-19H,1-2H3;3-6,8-9H,1-2H3;/q2*-1;. The van der Waals surface area contributed by atoms with Crippen LogP contribution in [-0.4, -0.2) is 9.97 Å². The molecule has 0 aliphatic heterocycles. The minimum Gasteiger partial charge on any atom is -0.455 e. The molecular formula is C45H34IrN2O2-2. The molecule has 0 spiro atoms. The average molecular weight is 827 g/mol. The fraction of sp³-hybridized carbons (Fsp3) is 0.111. The fourth-order valence-electron chi connectivity index (χ4n) is 6.62. The summed E-state index contributed by atoms with van der Waals surface area (Å²) in [4.78, 5) is 9.00. The maximum absolute atomic E-state index is 6.59. The second-order valence-electron chi connectivity index (χ2n) is 12.8. The first-order valence-electron chi connectivity index (χ1n) is 16.6. The molecule has 4 aromatic heterocycles. The number of rotatable bonds is 4. The SMILES string of the molecule is CC(C)c1c(-c2ccnc(-c3[c-]cccc3)c2)c2oc3ccccc3c2c2oc3ccccc3c12.Cc1c[c-]c(-c2ccc(C)cn2)cc1.[Ir]. The average Bonchev–Trinajstić information content (AvgIpc) is 3.71. The van der Waals surface area contributed by atoms with E-state index in [1.54, 1.807) is 0 Å². The van der Waals surface area contributed by atoms with Crippen molar-refractivity contribution in [2.24, 2.45) is 0 Å². The zero-order chi connectivity index (χ0) is 33.5. The summed E-state index contributed by atoms with van der Waals surface area (Å²) in [7, 11) is 0. The van der Waals surface area contributed by atoms with Crippen molar-refractivity contribution in [3.05, 3.63) is 156 Å². The Bertz CT molecular complexity index is 2540. The maximum atomic E-state index is 6.59. The van der Waals surface area contributed by atoms with Crippen molar-refractivity contribution < 1.29 is 28.9 Å². The van der Waals surface area contributed by atoms with E-state index in [4.69, 9.17) is 8.83 Å². The Hall–Kier alpha value is -5.35. The number of aromatic nitrogens is 2. The van der Waals surface area contributed by atoms with Crippen LogP contribution in [0.25, 0.3) is 77.5 Å². The molecule has 0 unspecified atom stereocenters. The Morgan fingerprint density at radius 1 is 0.620 bits per heavy atom. The first-order valence-corrected chi connectivity index (χ1v) is 16.6. The summed E-state index contributed by atoms with van der Waals surface area (Å²) in [5.41, 5.74) is 13.2. The molecule has 0 aliphatic rings. The second-order valence-corrected chi connectivity index (χ2v) is 12.8. The third-order valence-electron chi connectivity index (χ3n) is 8.95. The van der Waals surface area contributed by atoms with Crippen molar-refractivity contribution >= 4 is 43.9 Å². The molecule has 0 fully saturated rings. The minimum atomic E-state index is 0. The first kappa shape index (κ1) is 33.2. The number of nitrogens with zero attached hydrogens (tertiary/aromatic N) is 2. The van der Waals surface area contributed by atoms with Crippen LogP contribution in [-0.2, 0) is 20.1 Å². The van der Waals surface area contributed by atoms with Crippen molar-refractivity contribution in [2.75, 3.05) is 0 Å². The monoisotopic (exact) mass is 827 g/mol. The van der Waals surface area contributed by atoms with E-state index in [0.29, 0.717) is 0 Å². The van der Waals surface area contributed by atoms with E-state index in [9.17, 15) is 0 Å². The van der Waals surface area contributed by atoms with Crippen LogP contribution in [0.15, 0.2) is 136 Å². The van der Waals surface area contributed by atoms with Crippen molar-refractivity contribution in [3.8, 4) is 33.6 Å². The van der Waals surface area contributed by atoms with E-state index in [-0.39, 0.29) is 26.0 Å². The molecule has 4 heterocycles. The van der Waals surface area contributed by atoms with Gasteiger partial charge in [-0.3, -0.25) is 0 Å². The van der Waals surface area contributed by atoms with Crippen LogP contribution in [0.3, 0.4) is 0 Å². The predicted octanol–water partition coefficient (Wildman–Crippen LogP) is 12.3. The molecule has 0 atom stereocenters. The van der Waals surface area contributed by atoms with E-state index in [0.717, 1.165) is 77.5 Å². The molecule has 50 heavy (non-hydrogen) atoms. The van der Waals surface area contributed by atoms with Crippen molar-refractivity contribution in [1.29, 1.82) is 0 Å². The van der Waals surface area contributed by atoms with Gasteiger partial charge in [-0.05, 0) is 59.1 Å². The Kier molecular flexibility index (Phi) is 9.20. The third kappa shape index (κ3) is 6.04. The first-order chi connectivity index (χ1) is 24.0. The van der Waals surface area contributed by atoms with E-state index < -0.39 is 0 Å². The van der Waals surface area contributed by atoms with Crippen molar-refractivity contribution in [1.82, 2.24) is 9.97 Å². The van der Waals surface area contributed by atoms with Gasteiger partial charge in [0.2, 0.25) is 0 Å². The van der Waals surface area contributed by atoms with Crippen LogP contribution in [0.5, 0.6) is 0 Å². The number of aryl methyl sites for hydroxylation is 2. The Morgan fingerprint density at radius 2 is 1.30 bits per heavy atom. The van der Waals surface area contributed by atoms with Crippen LogP contribution in [0.2, 0.25) is 0 Å². The van der Waals surface area contributed by atoms with Gasteiger partial charge in [0.05, 0.1) is 5.39 Å². The van der Waals surface area contributed by atoms with Crippen molar-refractivity contribution in [3.63, 3.8) is 0 Å². The largest absolute Gasteiger partial charge is 0.455 e. The van der Waals surface area contributed by atoms with Gasteiger partial charge in [-0.25, -0.2) is 0 Å². The number of fused-ring (bicyclic) bond motifs is 7. The summed E-state index contributed by atoms with van der Waals surface area (Å²) < 4.78 is 13.1. The summed E-state index contributed by atoms with van der Waals surface area (Å²) in [6.45, 7) is 8.57. The molecule has 5 aromatic carbocycles. The van der Waals surface area contributed by atoms with Crippen LogP contribution in [0, 0.1) is 26.0 Å². The zero-order valence-corrected chi connectivity index (χ0v) is 30.6. The van der Waals surface area contributed by atoms with Gasteiger partial charge in [0, 0.05) is 54.2 Å². The van der Waals surface area contributed by atoms with Gasteiger partial charge in [0.15, 0.2) is 0 Å². The second kappa shape index (κ2) is 13.9. The van der Waals surface area contributed by atoms with E-state index in [1.165, 1.54) is 16.7 Å². The minimum absolute atomic E-state index is 0. The number of hydrogen-bond donors (Lipinski definition) is 0. The molecular weight excluding hydrogens is 793 g/mol. The van der Waals surface area contributed by atoms with Crippen molar-refractivity contribution in [2.45, 2.75) is 33.6 Å². The molecule has 0 N–H and O–H groups in total. The van der Waals surface area contributed by atoms with Gasteiger partial charge in [0.25, 0.3) is 0 Å². The molecule has 5 heteroatoms. The molecule has 0 bridgehead atoms. The predicted molar refractivity (Wildman–Crippen MR) is 201 cm³/mol. The smallest absolute Gasteiger partial charge is 0.147 e. The number of hydrogen-bond acceptors (Lipinski definition) is 4. The quantitative estimate of drug-likeness (QED) is 0.166. The number of para-hydroxylation sites is 2. The summed E-state index contributed by atoms with van der Waals surface area (Å²) in [6.07, 6.45) is 3.75. The molecule has 4 nitrogen and oxygen atoms in total. The number of benzene rings is 5. The van der Waals surface area contributed by atoms with Crippen LogP contribution >= 0.6 is 0 Å². The molecule has 247 valence electrons. The molecule has 0 amide bonds. The van der Waals surface area contributed by atoms with Crippen LogP contribution < -0.4 is 0 Å². The van der Waals surface area contributed by atoms with Gasteiger partial charge in [-0.2, -0.15) is 0 Å². The topological polar surface area (TPSA) is 52.1 Å². The van der Waals surface area contributed by atoms with Gasteiger partial charge < -0.3 is 18.8 Å². The summed E-state index contributed by atoms with van der Waals surface area (Å²) in [6, 6.07) is 45.4. The van der Waals surface area contributed by atoms with Crippen LogP contribution in [0.4, 0.5) is 0 Å². The molecule has 9 rings (SSSR count). The van der Waals surface area contributed by atoms with Gasteiger partial charge in [-0.1, -0.05) is 75.4 Å². The van der Waals surface area contributed by atoms with Gasteiger partial charge >= 0.3 is 0 Å². The molecule has 0 aliphatic carbocycles. The molecule has 0 saturated carbocycles. The van der Waals surface area contributed by atoms with E-state index in [2.05, 4.69) is 91.4 Å². The van der Waals surface area contributed by atoms with Gasteiger partial charge in [-0.15, -0.1) is 71.3 Å². The Labute approximate surface area is 305 Å². The van der Waals surface area contributed by atoms with Crippen LogP contribution in [0.1, 0.15) is 36.5 Å². The molecule has 9 aromatic rings. The maximum Gasteiger partial charge on any atom is 0.147 e. The van der Waals surface area contributed by atoms with Gasteiger partial charge in [0.1, 0.15) is 22.3 Å². The molecule has 1 radical (unpaired) electrons. The summed E-state index contributed by atoms with van der Waals surface area (Å²) >= 11 is 0. The summed E-state index contributed by atoms with van der Waals surface area (Å²) in [5.74, 6) is 0.242. The Morgan fingerprint density at radius 3 is 1.96 bits per heavy atom. The zero-order valence-electron chi connectivity index (χ0n) is 28.2. The number of furan rings is 2. The summed E-state index contributed by atoms with van der Waals surface area (Å²) in [5, 5.41) is 4.38. The normalized spacial score (nSPS) is 11.2. The molecule has 0 saturated heterocycles. The fourth-order valence-corrected chi connectivity index (χ4v) is 6.62. The number of pyridine rings is 2. The Balaban J connectivity index is 0.000000220.